The van der Waals surface area contributed by atoms with E-state index in [-0.39, 0.29) is 41.5 Å². The molecule has 3 heterocycles. The lowest BCUT2D eigenvalue weighted by molar-refractivity contribution is -0.140. The number of aromatic nitrogens is 1. The Morgan fingerprint density at radius 2 is 1.83 bits per heavy atom. The van der Waals surface area contributed by atoms with Crippen molar-refractivity contribution in [1.29, 1.82) is 0 Å². The molecule has 1 aromatic carbocycles. The van der Waals surface area contributed by atoms with E-state index < -0.39 is 6.04 Å². The van der Waals surface area contributed by atoms with Gasteiger partial charge < -0.3 is 20.1 Å². The van der Waals surface area contributed by atoms with Crippen molar-refractivity contribution in [2.24, 2.45) is 5.41 Å². The van der Waals surface area contributed by atoms with E-state index in [0.717, 1.165) is 60.6 Å². The summed E-state index contributed by atoms with van der Waals surface area (Å²) in [6.07, 6.45) is 8.34. The molecule has 2 bridgehead atoms. The van der Waals surface area contributed by atoms with Crippen LogP contribution in [0, 0.1) is 12.3 Å². The Hall–Kier alpha value is -3.16. The fraction of sp³-hybridized carbons (Fsp3) is 0.571. The molecule has 0 unspecified atom stereocenters. The Balaban J connectivity index is 1.56. The second kappa shape index (κ2) is 9.37. The maximum absolute atomic E-state index is 13.8. The molecule has 192 valence electrons. The number of nitrogens with one attached hydrogen (secondary N) is 2. The SMILES string of the molecule is CNC(=O)[C@@H]1C[C@]23CNC(=O)CCCCCCc4cc(C)cc5c(C(C)=O)cn(c45)CC(=O)N1[C@@H]2C3. The van der Waals surface area contributed by atoms with Gasteiger partial charge in [-0.05, 0) is 57.6 Å². The molecule has 5 rings (SSSR count). The van der Waals surface area contributed by atoms with Gasteiger partial charge in [-0.3, -0.25) is 19.2 Å². The smallest absolute Gasteiger partial charge is 0.243 e. The number of benzene rings is 1. The Labute approximate surface area is 211 Å². The van der Waals surface area contributed by atoms with Crippen LogP contribution in [0.2, 0.25) is 0 Å². The molecule has 1 aromatic heterocycles. The van der Waals surface area contributed by atoms with Crippen molar-refractivity contribution in [2.45, 2.75) is 83.8 Å². The monoisotopic (exact) mass is 492 g/mol. The zero-order chi connectivity index (χ0) is 25.6. The predicted molar refractivity (Wildman–Crippen MR) is 137 cm³/mol. The van der Waals surface area contributed by atoms with Crippen molar-refractivity contribution in [1.82, 2.24) is 20.1 Å². The summed E-state index contributed by atoms with van der Waals surface area (Å²) in [4.78, 5) is 53.3. The van der Waals surface area contributed by atoms with Gasteiger partial charge >= 0.3 is 0 Å². The molecule has 3 amide bonds. The van der Waals surface area contributed by atoms with Gasteiger partial charge in [0.1, 0.15) is 12.6 Å². The molecule has 1 saturated carbocycles. The Bertz CT molecular complexity index is 1250. The summed E-state index contributed by atoms with van der Waals surface area (Å²) in [7, 11) is 1.59. The first kappa shape index (κ1) is 24.5. The number of ketones is 1. The maximum Gasteiger partial charge on any atom is 0.243 e. The van der Waals surface area contributed by atoms with Crippen LogP contribution in [0.15, 0.2) is 18.3 Å². The minimum absolute atomic E-state index is 0.0220. The highest BCUT2D eigenvalue weighted by Crippen LogP contribution is 2.59. The Morgan fingerprint density at radius 1 is 1.08 bits per heavy atom. The average molecular weight is 493 g/mol. The summed E-state index contributed by atoms with van der Waals surface area (Å²) < 4.78 is 1.92. The average Bonchev–Trinajstić information content (AvgIpc) is 3.25. The van der Waals surface area contributed by atoms with Gasteiger partial charge in [-0.1, -0.05) is 24.5 Å². The molecule has 8 heteroatoms. The molecule has 8 nitrogen and oxygen atoms in total. The molecule has 1 aliphatic carbocycles. The quantitative estimate of drug-likeness (QED) is 0.630. The summed E-state index contributed by atoms with van der Waals surface area (Å²) in [6, 6.07) is 3.59. The number of hydrogen-bond donors (Lipinski definition) is 2. The summed E-state index contributed by atoms with van der Waals surface area (Å²) in [5.74, 6) is -0.268. The topological polar surface area (TPSA) is 101 Å². The van der Waals surface area contributed by atoms with E-state index in [1.807, 2.05) is 23.8 Å². The van der Waals surface area contributed by atoms with Crippen LogP contribution in [0.1, 0.15) is 73.4 Å². The lowest BCUT2D eigenvalue weighted by atomic mass is 9.98. The van der Waals surface area contributed by atoms with Gasteiger partial charge in [0.15, 0.2) is 5.78 Å². The molecule has 1 saturated heterocycles. The highest BCUT2D eigenvalue weighted by molar-refractivity contribution is 6.08. The van der Waals surface area contributed by atoms with E-state index in [4.69, 9.17) is 0 Å². The second-order valence-electron chi connectivity index (χ2n) is 11.0. The minimum atomic E-state index is -0.548. The van der Waals surface area contributed by atoms with E-state index in [1.165, 1.54) is 0 Å². The van der Waals surface area contributed by atoms with Gasteiger partial charge in [-0.25, -0.2) is 0 Å². The van der Waals surface area contributed by atoms with Crippen molar-refractivity contribution in [2.75, 3.05) is 13.6 Å². The number of likely N-dealkylation sites (N-methyl/N-ethyl adjacent to an activating group) is 1. The first-order valence-corrected chi connectivity index (χ1v) is 13.2. The molecule has 0 spiro atoms. The standard InChI is InChI=1S/C28H36N4O4/c1-17-10-19-8-6-4-5-7-9-24(34)30-16-28-12-22(27(36)29-3)32(23(28)13-28)25(35)15-31-14-21(18(2)33)20(11-17)26(19)31/h10-11,14,22-23H,4-9,12-13,15-16H2,1-3H3,(H,29,36)(H,30,34)/t22-,23+,28-/m0/s1. The van der Waals surface area contributed by atoms with Crippen LogP contribution in [0.25, 0.3) is 10.9 Å². The largest absolute Gasteiger partial charge is 0.357 e. The lowest BCUT2D eigenvalue weighted by Gasteiger charge is -2.26. The van der Waals surface area contributed by atoms with Crippen LogP contribution in [-0.2, 0) is 27.3 Å². The van der Waals surface area contributed by atoms with Gasteiger partial charge in [-0.15, -0.1) is 0 Å². The van der Waals surface area contributed by atoms with Crippen molar-refractivity contribution in [3.05, 3.63) is 35.0 Å². The Morgan fingerprint density at radius 3 is 2.56 bits per heavy atom. The van der Waals surface area contributed by atoms with Gasteiger partial charge in [-0.2, -0.15) is 0 Å². The molecule has 0 radical (unpaired) electrons. The summed E-state index contributed by atoms with van der Waals surface area (Å²) in [5.41, 5.74) is 3.57. The fourth-order valence-corrected chi connectivity index (χ4v) is 6.46. The molecular formula is C28H36N4O4. The Kier molecular flexibility index (Phi) is 6.39. The molecule has 3 aliphatic rings. The third kappa shape index (κ3) is 4.31. The summed E-state index contributed by atoms with van der Waals surface area (Å²) >= 11 is 0. The van der Waals surface area contributed by atoms with E-state index in [1.54, 1.807) is 18.9 Å². The van der Waals surface area contributed by atoms with Crippen molar-refractivity contribution in [3.63, 3.8) is 0 Å². The first-order valence-electron chi connectivity index (χ1n) is 13.2. The third-order valence-electron chi connectivity index (χ3n) is 8.37. The molecule has 2 aliphatic heterocycles. The number of hydrogen-bond acceptors (Lipinski definition) is 4. The number of aryl methyl sites for hydroxylation is 2. The first-order chi connectivity index (χ1) is 17.2. The van der Waals surface area contributed by atoms with Crippen molar-refractivity contribution >= 4 is 34.4 Å². The van der Waals surface area contributed by atoms with E-state index in [2.05, 4.69) is 16.7 Å². The van der Waals surface area contributed by atoms with Crippen LogP contribution in [0.3, 0.4) is 0 Å². The second-order valence-corrected chi connectivity index (χ2v) is 11.0. The molecule has 2 fully saturated rings. The number of nitrogens with zero attached hydrogens (tertiary/aromatic N) is 2. The summed E-state index contributed by atoms with van der Waals surface area (Å²) in [5, 5.41) is 6.69. The third-order valence-corrected chi connectivity index (χ3v) is 8.37. The van der Waals surface area contributed by atoms with Gasteiger partial charge in [0, 0.05) is 48.6 Å². The molecular weight excluding hydrogens is 456 g/mol. The number of carbonyl (C=O) groups is 4. The molecule has 2 N–H and O–H groups in total. The van der Waals surface area contributed by atoms with Crippen LogP contribution < -0.4 is 10.6 Å². The zero-order valence-electron chi connectivity index (χ0n) is 21.5. The number of rotatable bonds is 2. The van der Waals surface area contributed by atoms with Crippen molar-refractivity contribution in [3.8, 4) is 0 Å². The molecule has 36 heavy (non-hydrogen) atoms. The number of amides is 3. The summed E-state index contributed by atoms with van der Waals surface area (Å²) in [6.45, 7) is 4.18. The van der Waals surface area contributed by atoms with Crippen LogP contribution in [0.5, 0.6) is 0 Å². The van der Waals surface area contributed by atoms with Crippen LogP contribution in [0.4, 0.5) is 0 Å². The van der Waals surface area contributed by atoms with E-state index in [0.29, 0.717) is 24.9 Å². The minimum Gasteiger partial charge on any atom is -0.357 e. The fourth-order valence-electron chi connectivity index (χ4n) is 6.46. The van der Waals surface area contributed by atoms with Crippen LogP contribution in [-0.4, -0.2) is 58.6 Å². The van der Waals surface area contributed by atoms with E-state index >= 15 is 0 Å². The number of carbonyl (C=O) groups excluding carboxylic acids is 4. The predicted octanol–water partition coefficient (Wildman–Crippen LogP) is 2.88. The van der Waals surface area contributed by atoms with Crippen LogP contribution >= 0.6 is 0 Å². The van der Waals surface area contributed by atoms with Gasteiger partial charge in [0.05, 0.1) is 5.52 Å². The highest BCUT2D eigenvalue weighted by Gasteiger charge is 2.66. The zero-order valence-corrected chi connectivity index (χ0v) is 21.5. The van der Waals surface area contributed by atoms with Gasteiger partial charge in [0.2, 0.25) is 17.7 Å². The normalized spacial score (nSPS) is 26.8. The molecule has 3 atom stereocenters. The number of piperidine rings is 1. The lowest BCUT2D eigenvalue weighted by Crippen LogP contribution is -2.48. The molecule has 2 aromatic rings. The van der Waals surface area contributed by atoms with E-state index in [9.17, 15) is 19.2 Å². The van der Waals surface area contributed by atoms with Crippen molar-refractivity contribution < 1.29 is 19.2 Å². The van der Waals surface area contributed by atoms with Gasteiger partial charge in [0.25, 0.3) is 0 Å². The maximum atomic E-state index is 13.8. The number of Topliss-reactive ketones (excluding diaryl/α,β-unsaturated/α-hetero) is 1. The highest BCUT2D eigenvalue weighted by atomic mass is 16.2.